The van der Waals surface area contributed by atoms with Gasteiger partial charge in [-0.25, -0.2) is 19.9 Å². The summed E-state index contributed by atoms with van der Waals surface area (Å²) < 4.78 is 0. The molecule has 0 saturated heterocycles. The molecule has 1 aliphatic carbocycles. The Labute approximate surface area is 343 Å². The molecule has 0 unspecified atom stereocenters. The third-order valence-corrected chi connectivity index (χ3v) is 11.9. The Morgan fingerprint density at radius 3 is 1.54 bits per heavy atom. The molecule has 0 N–H and O–H groups in total. The van der Waals surface area contributed by atoms with Gasteiger partial charge in [-0.1, -0.05) is 196 Å². The summed E-state index contributed by atoms with van der Waals surface area (Å²) in [5, 5.41) is 3.29. The Morgan fingerprint density at radius 1 is 0.322 bits per heavy atom. The minimum atomic E-state index is -0.0648. The molecule has 278 valence electrons. The van der Waals surface area contributed by atoms with E-state index in [1.165, 1.54) is 27.8 Å². The summed E-state index contributed by atoms with van der Waals surface area (Å²) >= 11 is 0. The Bertz CT molecular complexity index is 3210. The summed E-state index contributed by atoms with van der Waals surface area (Å²) in [6.45, 7) is 4.65. The molecule has 2 aromatic heterocycles. The zero-order chi connectivity index (χ0) is 39.5. The molecule has 8 aromatic carbocycles. The molecule has 0 atom stereocenters. The van der Waals surface area contributed by atoms with E-state index >= 15 is 0 Å². The first-order chi connectivity index (χ1) is 29.0. The maximum atomic E-state index is 5.48. The molecule has 1 aliphatic rings. The van der Waals surface area contributed by atoms with Crippen molar-refractivity contribution >= 4 is 21.7 Å². The number of aromatic nitrogens is 4. The van der Waals surface area contributed by atoms with Gasteiger partial charge < -0.3 is 0 Å². The van der Waals surface area contributed by atoms with Crippen molar-refractivity contribution < 1.29 is 0 Å². The summed E-state index contributed by atoms with van der Waals surface area (Å²) in [5.74, 6) is 1.80. The second-order valence-corrected chi connectivity index (χ2v) is 15.8. The van der Waals surface area contributed by atoms with E-state index in [2.05, 4.69) is 172 Å². The fourth-order valence-corrected chi connectivity index (χ4v) is 8.97. The van der Waals surface area contributed by atoms with Gasteiger partial charge in [-0.15, -0.1) is 0 Å². The van der Waals surface area contributed by atoms with Gasteiger partial charge in [-0.05, 0) is 56.6 Å². The average Bonchev–Trinajstić information content (AvgIpc) is 3.54. The SMILES string of the molecule is CC1(C)c2ccccc2-c2ccc(-c3ccc(-c4nc(-c5ccccc5)nc(-c5cccc6c5nc(-c5ccccc5)c5cccc(-c7ccccc7)c56)n4)cc3)cc21. The van der Waals surface area contributed by atoms with Crippen LogP contribution in [0.4, 0.5) is 0 Å². The van der Waals surface area contributed by atoms with Crippen LogP contribution in [-0.2, 0) is 5.41 Å². The molecule has 0 fully saturated rings. The van der Waals surface area contributed by atoms with Crippen molar-refractivity contribution in [3.8, 4) is 78.8 Å². The molecule has 0 amide bonds. The molecule has 0 radical (unpaired) electrons. The quantitative estimate of drug-likeness (QED) is 0.159. The lowest BCUT2D eigenvalue weighted by Crippen LogP contribution is -2.14. The van der Waals surface area contributed by atoms with Crippen molar-refractivity contribution in [2.75, 3.05) is 0 Å². The van der Waals surface area contributed by atoms with Crippen LogP contribution in [0.2, 0.25) is 0 Å². The van der Waals surface area contributed by atoms with Gasteiger partial charge >= 0.3 is 0 Å². The van der Waals surface area contributed by atoms with E-state index in [4.69, 9.17) is 19.9 Å². The lowest BCUT2D eigenvalue weighted by atomic mass is 9.81. The third kappa shape index (κ3) is 5.83. The van der Waals surface area contributed by atoms with Crippen LogP contribution < -0.4 is 0 Å². The van der Waals surface area contributed by atoms with Crippen LogP contribution in [0.5, 0.6) is 0 Å². The molecule has 0 spiro atoms. The predicted molar refractivity (Wildman–Crippen MR) is 243 cm³/mol. The summed E-state index contributed by atoms with van der Waals surface area (Å²) in [6.07, 6.45) is 0. The van der Waals surface area contributed by atoms with E-state index in [-0.39, 0.29) is 5.41 Å². The Kier molecular flexibility index (Phi) is 8.12. The van der Waals surface area contributed by atoms with Crippen LogP contribution >= 0.6 is 0 Å². The van der Waals surface area contributed by atoms with Crippen LogP contribution in [0.25, 0.3) is 100 Å². The fraction of sp³-hybridized carbons (Fsp3) is 0.0545. The minimum absolute atomic E-state index is 0.0648. The molecule has 0 aliphatic heterocycles. The number of nitrogens with zero attached hydrogens (tertiary/aromatic N) is 4. The van der Waals surface area contributed by atoms with Gasteiger partial charge in [0.25, 0.3) is 0 Å². The molecular weight excluding hydrogens is 717 g/mol. The summed E-state index contributed by atoms with van der Waals surface area (Å²) in [5.41, 5.74) is 15.5. The summed E-state index contributed by atoms with van der Waals surface area (Å²) in [7, 11) is 0. The molecule has 2 heterocycles. The topological polar surface area (TPSA) is 51.6 Å². The van der Waals surface area contributed by atoms with E-state index in [0.717, 1.165) is 66.3 Å². The summed E-state index contributed by atoms with van der Waals surface area (Å²) in [4.78, 5) is 21.0. The minimum Gasteiger partial charge on any atom is -0.246 e. The normalized spacial score (nSPS) is 12.7. The fourth-order valence-electron chi connectivity index (χ4n) is 8.97. The predicted octanol–water partition coefficient (Wildman–Crippen LogP) is 13.9. The molecule has 4 nitrogen and oxygen atoms in total. The number of hydrogen-bond donors (Lipinski definition) is 0. The molecule has 10 aromatic rings. The van der Waals surface area contributed by atoms with Gasteiger partial charge in [0, 0.05) is 43.8 Å². The van der Waals surface area contributed by atoms with Crippen molar-refractivity contribution in [2.45, 2.75) is 19.3 Å². The average molecular weight is 755 g/mol. The highest BCUT2D eigenvalue weighted by molar-refractivity contribution is 6.19. The zero-order valence-electron chi connectivity index (χ0n) is 32.8. The van der Waals surface area contributed by atoms with Crippen LogP contribution in [0, 0.1) is 0 Å². The highest BCUT2D eigenvalue weighted by atomic mass is 15.0. The van der Waals surface area contributed by atoms with Crippen LogP contribution in [0.3, 0.4) is 0 Å². The first-order valence-corrected chi connectivity index (χ1v) is 20.1. The zero-order valence-corrected chi connectivity index (χ0v) is 32.8. The Balaban J connectivity index is 1.08. The molecule has 4 heteroatoms. The highest BCUT2D eigenvalue weighted by Gasteiger charge is 2.35. The number of benzene rings is 8. The van der Waals surface area contributed by atoms with Crippen molar-refractivity contribution in [1.82, 2.24) is 19.9 Å². The molecule has 11 rings (SSSR count). The molecule has 59 heavy (non-hydrogen) atoms. The number of pyridine rings is 1. The highest BCUT2D eigenvalue weighted by Crippen LogP contribution is 2.49. The van der Waals surface area contributed by atoms with Crippen molar-refractivity contribution in [3.05, 3.63) is 205 Å². The molecule has 0 saturated carbocycles. The van der Waals surface area contributed by atoms with Gasteiger partial charge in [0.15, 0.2) is 17.5 Å². The van der Waals surface area contributed by atoms with Crippen molar-refractivity contribution in [3.63, 3.8) is 0 Å². The summed E-state index contributed by atoms with van der Waals surface area (Å²) in [6, 6.07) is 68.4. The smallest absolute Gasteiger partial charge is 0.166 e. The largest absolute Gasteiger partial charge is 0.246 e. The maximum Gasteiger partial charge on any atom is 0.166 e. The number of rotatable bonds is 6. The van der Waals surface area contributed by atoms with Crippen LogP contribution in [0.15, 0.2) is 194 Å². The first-order valence-electron chi connectivity index (χ1n) is 20.1. The molecular formula is C55H38N4. The van der Waals surface area contributed by atoms with Gasteiger partial charge in [0.05, 0.1) is 11.2 Å². The van der Waals surface area contributed by atoms with Gasteiger partial charge in [-0.2, -0.15) is 0 Å². The lowest BCUT2D eigenvalue weighted by molar-refractivity contribution is 0.660. The van der Waals surface area contributed by atoms with Gasteiger partial charge in [0.2, 0.25) is 0 Å². The second kappa shape index (κ2) is 13.8. The maximum absolute atomic E-state index is 5.48. The Morgan fingerprint density at radius 2 is 0.831 bits per heavy atom. The Hall–Kier alpha value is -7.56. The van der Waals surface area contributed by atoms with E-state index < -0.39 is 0 Å². The van der Waals surface area contributed by atoms with E-state index in [1.807, 2.05) is 36.4 Å². The standard InChI is InChI=1S/C55H38N4/c1-55(2)47-27-13-12-22-42(47)43-33-32-40(34-48(43)55)35-28-30-39(31-29-35)53-57-52(38-20-10-5-11-21-38)58-54(59-53)46-26-15-25-45-49-41(36-16-6-3-7-17-36)23-14-24-44(49)50(56-51(45)46)37-18-8-4-9-19-37/h3-34H,1-2H3. The van der Waals surface area contributed by atoms with Crippen LogP contribution in [0.1, 0.15) is 25.0 Å². The third-order valence-electron chi connectivity index (χ3n) is 11.9. The van der Waals surface area contributed by atoms with Gasteiger partial charge in [0.1, 0.15) is 0 Å². The van der Waals surface area contributed by atoms with Crippen molar-refractivity contribution in [1.29, 1.82) is 0 Å². The number of fused-ring (bicyclic) bond motifs is 6. The first kappa shape index (κ1) is 34.7. The van der Waals surface area contributed by atoms with Gasteiger partial charge in [-0.3, -0.25) is 0 Å². The monoisotopic (exact) mass is 754 g/mol. The lowest BCUT2D eigenvalue weighted by Gasteiger charge is -2.22. The van der Waals surface area contributed by atoms with E-state index in [9.17, 15) is 0 Å². The second-order valence-electron chi connectivity index (χ2n) is 15.8. The van der Waals surface area contributed by atoms with E-state index in [1.54, 1.807) is 0 Å². The molecule has 0 bridgehead atoms. The number of para-hydroxylation sites is 1. The van der Waals surface area contributed by atoms with Crippen molar-refractivity contribution in [2.24, 2.45) is 0 Å². The van der Waals surface area contributed by atoms with E-state index in [0.29, 0.717) is 17.5 Å². The van der Waals surface area contributed by atoms with Crippen LogP contribution in [-0.4, -0.2) is 19.9 Å². The number of hydrogen-bond acceptors (Lipinski definition) is 4.